The first kappa shape index (κ1) is 15.5. The predicted molar refractivity (Wildman–Crippen MR) is 84.3 cm³/mol. The van der Waals surface area contributed by atoms with Gasteiger partial charge in [-0.2, -0.15) is 0 Å². The SMILES string of the molecule is CCN(Cc1ccccn1)CC1(CN)CCC(C)CC1. The molecule has 1 saturated carbocycles. The molecule has 0 spiro atoms. The lowest BCUT2D eigenvalue weighted by atomic mass is 9.70. The van der Waals surface area contributed by atoms with Gasteiger partial charge in [-0.3, -0.25) is 9.88 Å². The van der Waals surface area contributed by atoms with E-state index in [9.17, 15) is 0 Å². The van der Waals surface area contributed by atoms with Crippen molar-refractivity contribution in [1.29, 1.82) is 0 Å². The summed E-state index contributed by atoms with van der Waals surface area (Å²) in [7, 11) is 0. The number of hydrogen-bond donors (Lipinski definition) is 1. The van der Waals surface area contributed by atoms with Crippen LogP contribution < -0.4 is 5.73 Å². The van der Waals surface area contributed by atoms with E-state index in [1.54, 1.807) is 0 Å². The normalized spacial score (nSPS) is 26.9. The van der Waals surface area contributed by atoms with E-state index in [-0.39, 0.29) is 0 Å². The third-order valence-corrected chi connectivity index (χ3v) is 4.89. The average Bonchev–Trinajstić information content (AvgIpc) is 2.50. The Bertz CT molecular complexity index is 382. The van der Waals surface area contributed by atoms with Crippen molar-refractivity contribution in [3.63, 3.8) is 0 Å². The lowest BCUT2D eigenvalue weighted by Gasteiger charge is -2.42. The Kier molecular flexibility index (Phi) is 5.55. The summed E-state index contributed by atoms with van der Waals surface area (Å²) in [6, 6.07) is 6.15. The van der Waals surface area contributed by atoms with Crippen molar-refractivity contribution in [3.8, 4) is 0 Å². The number of hydrogen-bond acceptors (Lipinski definition) is 3. The Balaban J connectivity index is 1.97. The number of rotatable bonds is 6. The van der Waals surface area contributed by atoms with Gasteiger partial charge in [0.05, 0.1) is 5.69 Å². The van der Waals surface area contributed by atoms with E-state index in [0.717, 1.165) is 37.8 Å². The first-order valence-electron chi connectivity index (χ1n) is 8.00. The zero-order chi connectivity index (χ0) is 14.4. The van der Waals surface area contributed by atoms with Crippen LogP contribution >= 0.6 is 0 Å². The van der Waals surface area contributed by atoms with E-state index in [1.807, 2.05) is 12.3 Å². The maximum Gasteiger partial charge on any atom is 0.0543 e. The number of aromatic nitrogens is 1. The number of nitrogens with two attached hydrogens (primary N) is 1. The number of pyridine rings is 1. The minimum absolute atomic E-state index is 0.331. The lowest BCUT2D eigenvalue weighted by Crippen LogP contribution is -2.44. The second kappa shape index (κ2) is 7.19. The van der Waals surface area contributed by atoms with E-state index in [2.05, 4.69) is 35.9 Å². The molecule has 1 heterocycles. The van der Waals surface area contributed by atoms with Crippen molar-refractivity contribution >= 4 is 0 Å². The predicted octanol–water partition coefficient (Wildman–Crippen LogP) is 3.06. The molecule has 112 valence electrons. The fourth-order valence-electron chi connectivity index (χ4n) is 3.28. The Morgan fingerprint density at radius 1 is 1.35 bits per heavy atom. The standard InChI is InChI=1S/C17H29N3/c1-3-20(12-16-6-4-5-11-19-16)14-17(13-18)9-7-15(2)8-10-17/h4-6,11,15H,3,7-10,12-14,18H2,1-2H3. The van der Waals surface area contributed by atoms with Crippen molar-refractivity contribution < 1.29 is 0 Å². The molecule has 1 fully saturated rings. The van der Waals surface area contributed by atoms with E-state index < -0.39 is 0 Å². The van der Waals surface area contributed by atoms with E-state index in [1.165, 1.54) is 25.7 Å². The van der Waals surface area contributed by atoms with Crippen molar-refractivity contribution in [1.82, 2.24) is 9.88 Å². The lowest BCUT2D eigenvalue weighted by molar-refractivity contribution is 0.0930. The summed E-state index contributed by atoms with van der Waals surface area (Å²) in [5.41, 5.74) is 7.63. The fraction of sp³-hybridized carbons (Fsp3) is 0.706. The van der Waals surface area contributed by atoms with Gasteiger partial charge in [0.15, 0.2) is 0 Å². The highest BCUT2D eigenvalue weighted by molar-refractivity contribution is 5.03. The topological polar surface area (TPSA) is 42.2 Å². The minimum Gasteiger partial charge on any atom is -0.330 e. The molecule has 1 aromatic heterocycles. The van der Waals surface area contributed by atoms with Crippen molar-refractivity contribution in [2.45, 2.75) is 46.1 Å². The van der Waals surface area contributed by atoms with Gasteiger partial charge in [-0.05, 0) is 49.4 Å². The van der Waals surface area contributed by atoms with Crippen LogP contribution in [0, 0.1) is 11.3 Å². The highest BCUT2D eigenvalue weighted by Crippen LogP contribution is 2.38. The zero-order valence-corrected chi connectivity index (χ0v) is 13.0. The molecule has 20 heavy (non-hydrogen) atoms. The van der Waals surface area contributed by atoms with E-state index >= 15 is 0 Å². The summed E-state index contributed by atoms with van der Waals surface area (Å²) in [6.45, 7) is 8.54. The van der Waals surface area contributed by atoms with Gasteiger partial charge < -0.3 is 5.73 Å². The summed E-state index contributed by atoms with van der Waals surface area (Å²) in [4.78, 5) is 6.95. The number of nitrogens with zero attached hydrogens (tertiary/aromatic N) is 2. The van der Waals surface area contributed by atoms with Gasteiger partial charge in [0.25, 0.3) is 0 Å². The van der Waals surface area contributed by atoms with Gasteiger partial charge in [-0.1, -0.05) is 32.8 Å². The largest absolute Gasteiger partial charge is 0.330 e. The summed E-state index contributed by atoms with van der Waals surface area (Å²) in [5, 5.41) is 0. The second-order valence-corrected chi connectivity index (χ2v) is 6.51. The van der Waals surface area contributed by atoms with Crippen molar-refractivity contribution in [2.75, 3.05) is 19.6 Å². The fourth-order valence-corrected chi connectivity index (χ4v) is 3.28. The van der Waals surface area contributed by atoms with Crippen LogP contribution in [0.3, 0.4) is 0 Å². The van der Waals surface area contributed by atoms with Crippen LogP contribution in [-0.4, -0.2) is 29.5 Å². The van der Waals surface area contributed by atoms with Crippen LogP contribution in [0.15, 0.2) is 24.4 Å². The molecule has 0 bridgehead atoms. The quantitative estimate of drug-likeness (QED) is 0.867. The van der Waals surface area contributed by atoms with Crippen molar-refractivity contribution in [3.05, 3.63) is 30.1 Å². The Hall–Kier alpha value is -0.930. The van der Waals surface area contributed by atoms with Crippen LogP contribution in [0.4, 0.5) is 0 Å². The van der Waals surface area contributed by atoms with Crippen molar-refractivity contribution in [2.24, 2.45) is 17.1 Å². The smallest absolute Gasteiger partial charge is 0.0543 e. The van der Waals surface area contributed by atoms with Crippen LogP contribution in [0.2, 0.25) is 0 Å². The molecule has 0 saturated heterocycles. The van der Waals surface area contributed by atoms with Gasteiger partial charge in [0.1, 0.15) is 0 Å². The third kappa shape index (κ3) is 4.03. The molecule has 0 aromatic carbocycles. The Morgan fingerprint density at radius 3 is 2.65 bits per heavy atom. The van der Waals surface area contributed by atoms with Crippen LogP contribution in [0.5, 0.6) is 0 Å². The summed E-state index contributed by atoms with van der Waals surface area (Å²) >= 11 is 0. The summed E-state index contributed by atoms with van der Waals surface area (Å²) in [5.74, 6) is 0.876. The molecule has 0 radical (unpaired) electrons. The molecular weight excluding hydrogens is 246 g/mol. The van der Waals surface area contributed by atoms with Gasteiger partial charge in [-0.25, -0.2) is 0 Å². The molecule has 3 nitrogen and oxygen atoms in total. The summed E-state index contributed by atoms with van der Waals surface area (Å²) < 4.78 is 0. The third-order valence-electron chi connectivity index (χ3n) is 4.89. The zero-order valence-electron chi connectivity index (χ0n) is 13.0. The minimum atomic E-state index is 0.331. The maximum atomic E-state index is 6.14. The molecule has 1 aliphatic rings. The first-order valence-corrected chi connectivity index (χ1v) is 8.00. The maximum absolute atomic E-state index is 6.14. The van der Waals surface area contributed by atoms with Gasteiger partial charge >= 0.3 is 0 Å². The summed E-state index contributed by atoms with van der Waals surface area (Å²) in [6.07, 6.45) is 7.10. The molecule has 2 N–H and O–H groups in total. The monoisotopic (exact) mass is 275 g/mol. The van der Waals surface area contributed by atoms with E-state index in [0.29, 0.717) is 5.41 Å². The molecular formula is C17H29N3. The van der Waals surface area contributed by atoms with Gasteiger partial charge in [0, 0.05) is 19.3 Å². The second-order valence-electron chi connectivity index (χ2n) is 6.51. The first-order chi connectivity index (χ1) is 9.67. The molecule has 0 amide bonds. The highest BCUT2D eigenvalue weighted by Gasteiger charge is 2.34. The highest BCUT2D eigenvalue weighted by atomic mass is 15.1. The van der Waals surface area contributed by atoms with Crippen LogP contribution in [-0.2, 0) is 6.54 Å². The average molecular weight is 275 g/mol. The van der Waals surface area contributed by atoms with Crippen LogP contribution in [0.1, 0.15) is 45.2 Å². The Labute approximate surface area is 123 Å². The van der Waals surface area contributed by atoms with Crippen LogP contribution in [0.25, 0.3) is 0 Å². The van der Waals surface area contributed by atoms with Gasteiger partial charge in [-0.15, -0.1) is 0 Å². The molecule has 1 aliphatic carbocycles. The molecule has 0 aliphatic heterocycles. The molecule has 2 rings (SSSR count). The molecule has 0 unspecified atom stereocenters. The molecule has 3 heteroatoms. The molecule has 1 aromatic rings. The van der Waals surface area contributed by atoms with E-state index in [4.69, 9.17) is 5.73 Å². The Morgan fingerprint density at radius 2 is 2.10 bits per heavy atom. The van der Waals surface area contributed by atoms with Gasteiger partial charge in [0.2, 0.25) is 0 Å². The molecule has 0 atom stereocenters.